The highest BCUT2D eigenvalue weighted by Crippen LogP contribution is 2.22. The molecule has 0 aliphatic rings. The molecular formula is C35H80O9. The molecule has 9 heteroatoms. The van der Waals surface area contributed by atoms with Gasteiger partial charge in [-0.2, -0.15) is 0 Å². The van der Waals surface area contributed by atoms with Gasteiger partial charge in [0.15, 0.2) is 0 Å². The number of aliphatic hydroxyl groups is 1. The zero-order valence-electron chi connectivity index (χ0n) is 25.2. The first-order valence-electron chi connectivity index (χ1n) is 12.7. The number of hydrogen-bond donors (Lipinski definition) is 1. The van der Waals surface area contributed by atoms with E-state index < -0.39 is 17.5 Å². The molecule has 1 atom stereocenters. The summed E-state index contributed by atoms with van der Waals surface area (Å²) in [6.45, 7) is 23.7. The van der Waals surface area contributed by atoms with Crippen LogP contribution in [0.5, 0.6) is 0 Å². The highest BCUT2D eigenvalue weighted by molar-refractivity contribution is 5.86. The van der Waals surface area contributed by atoms with E-state index in [1.54, 1.807) is 13.8 Å². The third-order valence-corrected chi connectivity index (χ3v) is 5.93. The third kappa shape index (κ3) is 31.0. The van der Waals surface area contributed by atoms with Crippen molar-refractivity contribution < 1.29 is 43.2 Å². The zero-order chi connectivity index (χ0) is 30.0. The standard InChI is InChI=1S/C13H22O5.C8H16O2.C7H14O2.7CH4/c1-6-13(4,5)12(16)18-8-10(14)7-17-11(15)9(2)3;1-5-8(3,4)7(9)10-6-2;1-5-7(2,3)6(8)9-4;;;;;;;/h10,14H,2,6-8H2,1,3-5H3;5-6H2,1-4H3;5H2,1-4H3;7*1H4. The lowest BCUT2D eigenvalue weighted by molar-refractivity contribution is -0.159. The van der Waals surface area contributed by atoms with Gasteiger partial charge in [-0.15, -0.1) is 0 Å². The van der Waals surface area contributed by atoms with E-state index in [0.29, 0.717) is 13.0 Å². The zero-order valence-corrected chi connectivity index (χ0v) is 25.2. The number of methoxy groups -OCH3 is 1. The molecule has 44 heavy (non-hydrogen) atoms. The van der Waals surface area contributed by atoms with Gasteiger partial charge in [-0.1, -0.05) is 79.3 Å². The third-order valence-electron chi connectivity index (χ3n) is 5.93. The van der Waals surface area contributed by atoms with Crippen molar-refractivity contribution in [1.29, 1.82) is 0 Å². The van der Waals surface area contributed by atoms with Crippen molar-refractivity contribution in [3.05, 3.63) is 12.2 Å². The van der Waals surface area contributed by atoms with Crippen LogP contribution in [0.1, 0.15) is 147 Å². The molecular weight excluding hydrogens is 564 g/mol. The Balaban J connectivity index is -0.0000000488. The maximum absolute atomic E-state index is 11.6. The van der Waals surface area contributed by atoms with E-state index in [4.69, 9.17) is 14.2 Å². The lowest BCUT2D eigenvalue weighted by Crippen LogP contribution is -2.31. The lowest BCUT2D eigenvalue weighted by Gasteiger charge is -2.21. The Kier molecular flexibility index (Phi) is 52.2. The summed E-state index contributed by atoms with van der Waals surface area (Å²) in [5, 5.41) is 9.48. The fraction of sp³-hybridized carbons (Fsp3) is 0.829. The molecule has 0 bridgehead atoms. The van der Waals surface area contributed by atoms with E-state index in [1.165, 1.54) is 14.0 Å². The molecule has 1 N–H and O–H groups in total. The van der Waals surface area contributed by atoms with E-state index in [9.17, 15) is 24.3 Å². The number of ether oxygens (including phenoxy) is 4. The van der Waals surface area contributed by atoms with Crippen LogP contribution in [0.15, 0.2) is 12.2 Å². The molecule has 0 aromatic heterocycles. The van der Waals surface area contributed by atoms with Crippen LogP contribution in [0.3, 0.4) is 0 Å². The summed E-state index contributed by atoms with van der Waals surface area (Å²) in [4.78, 5) is 44.6. The number of hydrogen-bond acceptors (Lipinski definition) is 9. The highest BCUT2D eigenvalue weighted by Gasteiger charge is 2.28. The van der Waals surface area contributed by atoms with E-state index in [0.717, 1.165) is 12.8 Å². The molecule has 9 nitrogen and oxygen atoms in total. The molecule has 0 fully saturated rings. The molecule has 0 amide bonds. The van der Waals surface area contributed by atoms with Crippen LogP contribution < -0.4 is 0 Å². The molecule has 0 radical (unpaired) electrons. The number of esters is 4. The Bertz CT molecular complexity index is 724. The topological polar surface area (TPSA) is 125 Å². The van der Waals surface area contributed by atoms with Crippen LogP contribution in [0.2, 0.25) is 0 Å². The largest absolute Gasteiger partial charge is 0.469 e. The van der Waals surface area contributed by atoms with Gasteiger partial charge in [0.2, 0.25) is 0 Å². The second-order valence-corrected chi connectivity index (χ2v) is 10.6. The molecule has 1 unspecified atom stereocenters. The molecule has 0 rings (SSSR count). The molecule has 0 aromatic rings. The molecule has 0 heterocycles. The molecule has 0 saturated heterocycles. The minimum atomic E-state index is -1.02. The summed E-state index contributed by atoms with van der Waals surface area (Å²) in [7, 11) is 1.42. The van der Waals surface area contributed by atoms with E-state index in [-0.39, 0.29) is 99.5 Å². The van der Waals surface area contributed by atoms with E-state index in [2.05, 4.69) is 11.3 Å². The van der Waals surface area contributed by atoms with Crippen molar-refractivity contribution in [2.45, 2.75) is 154 Å². The molecule has 0 aliphatic carbocycles. The van der Waals surface area contributed by atoms with Crippen molar-refractivity contribution in [2.24, 2.45) is 16.2 Å². The van der Waals surface area contributed by atoms with Gasteiger partial charge >= 0.3 is 23.9 Å². The quantitative estimate of drug-likeness (QED) is 0.126. The van der Waals surface area contributed by atoms with Crippen LogP contribution >= 0.6 is 0 Å². The summed E-state index contributed by atoms with van der Waals surface area (Å²) in [6, 6.07) is 0. The lowest BCUT2D eigenvalue weighted by atomic mass is 9.91. The maximum atomic E-state index is 11.6. The monoisotopic (exact) mass is 645 g/mol. The van der Waals surface area contributed by atoms with Gasteiger partial charge < -0.3 is 24.1 Å². The highest BCUT2D eigenvalue weighted by atomic mass is 16.6. The van der Waals surface area contributed by atoms with Gasteiger partial charge in [-0.05, 0) is 74.7 Å². The molecule has 274 valence electrons. The molecule has 0 aliphatic heterocycles. The van der Waals surface area contributed by atoms with Gasteiger partial charge in [0.25, 0.3) is 0 Å². The Morgan fingerprint density at radius 1 is 0.614 bits per heavy atom. The number of carbonyl (C=O) groups is 4. The van der Waals surface area contributed by atoms with E-state index in [1.807, 2.05) is 55.4 Å². The summed E-state index contributed by atoms with van der Waals surface area (Å²) in [6.07, 6.45) is 1.27. The fourth-order valence-electron chi connectivity index (χ4n) is 1.75. The number of rotatable bonds is 12. The fourth-order valence-corrected chi connectivity index (χ4v) is 1.75. The Morgan fingerprint density at radius 2 is 0.909 bits per heavy atom. The van der Waals surface area contributed by atoms with Gasteiger partial charge in [-0.3, -0.25) is 14.4 Å². The van der Waals surface area contributed by atoms with Gasteiger partial charge in [0, 0.05) is 5.57 Å². The van der Waals surface area contributed by atoms with Gasteiger partial charge in [0.1, 0.15) is 19.3 Å². The first-order chi connectivity index (χ1) is 16.8. The number of carbonyl (C=O) groups excluding carboxylic acids is 4. The van der Waals surface area contributed by atoms with Crippen molar-refractivity contribution >= 4 is 23.9 Å². The summed E-state index contributed by atoms with van der Waals surface area (Å²) in [5.41, 5.74) is -0.940. The second kappa shape index (κ2) is 33.5. The van der Waals surface area contributed by atoms with Crippen LogP contribution in [0.4, 0.5) is 0 Å². The first kappa shape index (κ1) is 68.7. The molecule has 0 spiro atoms. The van der Waals surface area contributed by atoms with E-state index >= 15 is 0 Å². The second-order valence-electron chi connectivity index (χ2n) is 10.6. The normalized spacial score (nSPS) is 10.0. The van der Waals surface area contributed by atoms with Gasteiger partial charge in [-0.25, -0.2) is 4.79 Å². The number of aliphatic hydroxyl groups excluding tert-OH is 1. The Hall–Kier alpha value is -2.42. The summed E-state index contributed by atoms with van der Waals surface area (Å²) < 4.78 is 19.1. The Morgan fingerprint density at radius 3 is 1.16 bits per heavy atom. The minimum Gasteiger partial charge on any atom is -0.469 e. The maximum Gasteiger partial charge on any atom is 0.333 e. The SMILES string of the molecule is C.C.C.C.C.C.C.C=C(C)C(=O)OCC(O)COC(=O)C(C)(C)CC.CCC(C)(C)C(=O)OC.CCOC(=O)C(C)(C)CC. The molecule has 0 aromatic carbocycles. The van der Waals surface area contributed by atoms with Crippen LogP contribution in [-0.4, -0.2) is 62.0 Å². The average molecular weight is 645 g/mol. The summed E-state index contributed by atoms with van der Waals surface area (Å²) in [5.74, 6) is -1.19. The Labute approximate surface area is 275 Å². The van der Waals surface area contributed by atoms with Gasteiger partial charge in [0.05, 0.1) is 30.0 Å². The predicted octanol–water partition coefficient (Wildman–Crippen LogP) is 9.48. The smallest absolute Gasteiger partial charge is 0.333 e. The van der Waals surface area contributed by atoms with Crippen molar-refractivity contribution in [3.63, 3.8) is 0 Å². The van der Waals surface area contributed by atoms with Crippen molar-refractivity contribution in [1.82, 2.24) is 0 Å². The van der Waals surface area contributed by atoms with Crippen molar-refractivity contribution in [2.75, 3.05) is 26.9 Å². The van der Waals surface area contributed by atoms with Crippen molar-refractivity contribution in [3.8, 4) is 0 Å². The van der Waals surface area contributed by atoms with Crippen LogP contribution in [0, 0.1) is 16.2 Å². The average Bonchev–Trinajstić information content (AvgIpc) is 2.85. The first-order valence-corrected chi connectivity index (χ1v) is 12.7. The van der Waals surface area contributed by atoms with Crippen LogP contribution in [0.25, 0.3) is 0 Å². The minimum absolute atomic E-state index is 0. The summed E-state index contributed by atoms with van der Waals surface area (Å²) >= 11 is 0. The predicted molar refractivity (Wildman–Crippen MR) is 191 cm³/mol. The molecule has 0 saturated carbocycles. The van der Waals surface area contributed by atoms with Crippen LogP contribution in [-0.2, 0) is 38.1 Å².